The fourth-order valence-electron chi connectivity index (χ4n) is 3.50. The molecule has 0 saturated carbocycles. The number of amides is 1. The van der Waals surface area contributed by atoms with Gasteiger partial charge < -0.3 is 4.90 Å². The van der Waals surface area contributed by atoms with E-state index in [0.29, 0.717) is 17.4 Å². The predicted molar refractivity (Wildman–Crippen MR) is 99.1 cm³/mol. The van der Waals surface area contributed by atoms with Crippen LogP contribution in [0.5, 0.6) is 0 Å². The van der Waals surface area contributed by atoms with Crippen LogP contribution < -0.4 is 0 Å². The molecule has 3 heterocycles. The number of nitro groups is 1. The van der Waals surface area contributed by atoms with Crippen LogP contribution in [0.25, 0.3) is 5.52 Å². The summed E-state index contributed by atoms with van der Waals surface area (Å²) in [6.07, 6.45) is 2.17. The molecule has 138 valence electrons. The van der Waals surface area contributed by atoms with Crippen molar-refractivity contribution in [3.63, 3.8) is 0 Å². The molecule has 0 aliphatic carbocycles. The van der Waals surface area contributed by atoms with Crippen molar-refractivity contribution >= 4 is 33.0 Å². The molecule has 7 nitrogen and oxygen atoms in total. The molecular weight excluding hydrogens is 419 g/mol. The molecule has 0 spiro atoms. The Kier molecular flexibility index (Phi) is 4.18. The van der Waals surface area contributed by atoms with E-state index in [1.54, 1.807) is 17.2 Å². The molecule has 1 atom stereocenters. The van der Waals surface area contributed by atoms with Gasteiger partial charge in [0.1, 0.15) is 11.3 Å². The van der Waals surface area contributed by atoms with E-state index in [2.05, 4.69) is 21.0 Å². The summed E-state index contributed by atoms with van der Waals surface area (Å²) in [6, 6.07) is 7.08. The standard InChI is InChI=1S/C18H14BrFN4O3/c1-10-14-7-13(20)3-2-11(14)4-5-22(10)18(25)15-8-16-17(24(26)27)6-12(19)9-23(16)21-15/h2-3,6-10H,4-5H2,1H3. The summed E-state index contributed by atoms with van der Waals surface area (Å²) in [4.78, 5) is 25.4. The minimum atomic E-state index is -0.515. The van der Waals surface area contributed by atoms with E-state index in [4.69, 9.17) is 0 Å². The van der Waals surface area contributed by atoms with E-state index in [-0.39, 0.29) is 34.7 Å². The van der Waals surface area contributed by atoms with Crippen LogP contribution >= 0.6 is 15.9 Å². The Hall–Kier alpha value is -2.81. The van der Waals surface area contributed by atoms with Crippen molar-refractivity contribution in [3.8, 4) is 0 Å². The van der Waals surface area contributed by atoms with Gasteiger partial charge in [-0.2, -0.15) is 5.10 Å². The second-order valence-electron chi connectivity index (χ2n) is 6.43. The van der Waals surface area contributed by atoms with E-state index in [1.807, 2.05) is 6.92 Å². The third-order valence-corrected chi connectivity index (χ3v) is 5.28. The van der Waals surface area contributed by atoms with Crippen molar-refractivity contribution in [2.45, 2.75) is 19.4 Å². The molecule has 1 aromatic carbocycles. The van der Waals surface area contributed by atoms with Crippen LogP contribution in [0.3, 0.4) is 0 Å². The van der Waals surface area contributed by atoms with Gasteiger partial charge in [0.05, 0.1) is 11.0 Å². The van der Waals surface area contributed by atoms with Crippen LogP contribution in [0, 0.1) is 15.9 Å². The number of pyridine rings is 1. The van der Waals surface area contributed by atoms with Crippen LogP contribution in [0.4, 0.5) is 10.1 Å². The molecule has 1 unspecified atom stereocenters. The molecule has 0 fully saturated rings. The number of hydrogen-bond acceptors (Lipinski definition) is 4. The van der Waals surface area contributed by atoms with E-state index in [1.165, 1.54) is 28.8 Å². The third kappa shape index (κ3) is 2.97. The molecule has 1 aliphatic heterocycles. The molecule has 1 amide bonds. The summed E-state index contributed by atoms with van der Waals surface area (Å²) < 4.78 is 15.4. The number of carbonyl (C=O) groups excluding carboxylic acids is 1. The van der Waals surface area contributed by atoms with Crippen molar-refractivity contribution in [1.29, 1.82) is 0 Å². The van der Waals surface area contributed by atoms with Gasteiger partial charge in [0.15, 0.2) is 5.69 Å². The molecule has 9 heteroatoms. The number of aromatic nitrogens is 2. The van der Waals surface area contributed by atoms with Crippen molar-refractivity contribution in [3.05, 3.63) is 73.8 Å². The number of hydrogen-bond donors (Lipinski definition) is 0. The van der Waals surface area contributed by atoms with Gasteiger partial charge in [-0.15, -0.1) is 0 Å². The quantitative estimate of drug-likeness (QED) is 0.454. The Labute approximate surface area is 161 Å². The fraction of sp³-hybridized carbons (Fsp3) is 0.222. The summed E-state index contributed by atoms with van der Waals surface area (Å²) in [5.74, 6) is -0.686. The second kappa shape index (κ2) is 6.41. The lowest BCUT2D eigenvalue weighted by Gasteiger charge is -2.34. The highest BCUT2D eigenvalue weighted by molar-refractivity contribution is 9.10. The molecule has 1 aliphatic rings. The smallest absolute Gasteiger partial charge is 0.296 e. The first kappa shape index (κ1) is 17.6. The number of fused-ring (bicyclic) bond motifs is 2. The average Bonchev–Trinajstić information content (AvgIpc) is 3.05. The molecule has 2 aromatic heterocycles. The summed E-state index contributed by atoms with van der Waals surface area (Å²) >= 11 is 3.21. The number of rotatable bonds is 2. The zero-order valence-electron chi connectivity index (χ0n) is 14.2. The molecule has 0 saturated heterocycles. The van der Waals surface area contributed by atoms with E-state index in [0.717, 1.165) is 11.1 Å². The van der Waals surface area contributed by atoms with Crippen LogP contribution in [0.1, 0.15) is 34.6 Å². The first-order chi connectivity index (χ1) is 12.8. The Balaban J connectivity index is 1.73. The number of halogens is 2. The van der Waals surface area contributed by atoms with Crippen molar-refractivity contribution in [2.24, 2.45) is 0 Å². The van der Waals surface area contributed by atoms with Gasteiger partial charge in [-0.05, 0) is 52.5 Å². The topological polar surface area (TPSA) is 80.8 Å². The van der Waals surface area contributed by atoms with Crippen LogP contribution in [0.15, 0.2) is 41.0 Å². The lowest BCUT2D eigenvalue weighted by molar-refractivity contribution is -0.383. The number of benzene rings is 1. The first-order valence-electron chi connectivity index (χ1n) is 8.28. The fourth-order valence-corrected chi connectivity index (χ4v) is 3.91. The van der Waals surface area contributed by atoms with Gasteiger partial charge >= 0.3 is 0 Å². The number of carbonyl (C=O) groups is 1. The van der Waals surface area contributed by atoms with Crippen molar-refractivity contribution < 1.29 is 14.1 Å². The lowest BCUT2D eigenvalue weighted by Crippen LogP contribution is -2.39. The van der Waals surface area contributed by atoms with Gasteiger partial charge in [-0.1, -0.05) is 6.07 Å². The van der Waals surface area contributed by atoms with E-state index < -0.39 is 4.92 Å². The molecule has 0 bridgehead atoms. The summed E-state index contributed by atoms with van der Waals surface area (Å²) in [7, 11) is 0. The van der Waals surface area contributed by atoms with Crippen molar-refractivity contribution in [2.75, 3.05) is 6.54 Å². The van der Waals surface area contributed by atoms with Gasteiger partial charge in [0.25, 0.3) is 11.6 Å². The maximum absolute atomic E-state index is 13.6. The zero-order valence-corrected chi connectivity index (χ0v) is 15.8. The van der Waals surface area contributed by atoms with Gasteiger partial charge in [0, 0.05) is 29.3 Å². The molecule has 0 N–H and O–H groups in total. The van der Waals surface area contributed by atoms with Crippen molar-refractivity contribution in [1.82, 2.24) is 14.5 Å². The van der Waals surface area contributed by atoms with E-state index in [9.17, 15) is 19.3 Å². The summed E-state index contributed by atoms with van der Waals surface area (Å²) in [5, 5.41) is 15.5. The SMILES string of the molecule is CC1c2cc(F)ccc2CCN1C(=O)c1cc2c([N+](=O)[O-])cc(Br)cn2n1. The monoisotopic (exact) mass is 432 g/mol. The maximum atomic E-state index is 13.6. The molecular formula is C18H14BrFN4O3. The van der Waals surface area contributed by atoms with Crippen LogP contribution in [-0.4, -0.2) is 31.9 Å². The van der Waals surface area contributed by atoms with Crippen LogP contribution in [-0.2, 0) is 6.42 Å². The lowest BCUT2D eigenvalue weighted by atomic mass is 9.93. The highest BCUT2D eigenvalue weighted by Gasteiger charge is 2.30. The summed E-state index contributed by atoms with van der Waals surface area (Å²) in [6.45, 7) is 2.31. The van der Waals surface area contributed by atoms with Gasteiger partial charge in [-0.3, -0.25) is 14.9 Å². The average molecular weight is 433 g/mol. The Bertz CT molecular complexity index is 1100. The Morgan fingerprint density at radius 3 is 2.89 bits per heavy atom. The molecule has 4 rings (SSSR count). The second-order valence-corrected chi connectivity index (χ2v) is 7.34. The van der Waals surface area contributed by atoms with Gasteiger partial charge in [-0.25, -0.2) is 8.91 Å². The maximum Gasteiger partial charge on any atom is 0.296 e. The normalized spacial score (nSPS) is 16.4. The minimum absolute atomic E-state index is 0.114. The number of nitrogens with zero attached hydrogens (tertiary/aromatic N) is 4. The summed E-state index contributed by atoms with van der Waals surface area (Å²) in [5.41, 5.74) is 2.00. The molecule has 0 radical (unpaired) electrons. The largest absolute Gasteiger partial charge is 0.330 e. The third-order valence-electron chi connectivity index (χ3n) is 4.84. The van der Waals surface area contributed by atoms with Gasteiger partial charge in [0.2, 0.25) is 0 Å². The Morgan fingerprint density at radius 1 is 1.37 bits per heavy atom. The minimum Gasteiger partial charge on any atom is -0.330 e. The molecule has 3 aromatic rings. The highest BCUT2D eigenvalue weighted by atomic mass is 79.9. The van der Waals surface area contributed by atoms with Crippen LogP contribution in [0.2, 0.25) is 0 Å². The molecule has 27 heavy (non-hydrogen) atoms. The Morgan fingerprint density at radius 2 is 2.15 bits per heavy atom. The van der Waals surface area contributed by atoms with E-state index >= 15 is 0 Å². The first-order valence-corrected chi connectivity index (χ1v) is 9.07. The highest BCUT2D eigenvalue weighted by Crippen LogP contribution is 2.32. The zero-order chi connectivity index (χ0) is 19.3. The predicted octanol–water partition coefficient (Wildman–Crippen LogP) is 3.90.